The average Bonchev–Trinajstić information content (AvgIpc) is 2.82. The maximum atomic E-state index is 12.5. The summed E-state index contributed by atoms with van der Waals surface area (Å²) < 4.78 is 0.913. The van der Waals surface area contributed by atoms with E-state index >= 15 is 0 Å². The van der Waals surface area contributed by atoms with Crippen LogP contribution in [-0.2, 0) is 16.1 Å². The van der Waals surface area contributed by atoms with Crippen molar-refractivity contribution in [1.82, 2.24) is 4.98 Å². The maximum absolute atomic E-state index is 12.5. The lowest BCUT2D eigenvalue weighted by Gasteiger charge is -2.14. The fourth-order valence-corrected chi connectivity index (χ4v) is 2.76. The van der Waals surface area contributed by atoms with Crippen LogP contribution in [0.3, 0.4) is 0 Å². The van der Waals surface area contributed by atoms with Crippen molar-refractivity contribution in [3.05, 3.63) is 58.8 Å². The molecule has 1 aliphatic rings. The van der Waals surface area contributed by atoms with E-state index in [9.17, 15) is 9.59 Å². The summed E-state index contributed by atoms with van der Waals surface area (Å²) in [5, 5.41) is 1.91. The second kappa shape index (κ2) is 6.37. The van der Waals surface area contributed by atoms with Crippen molar-refractivity contribution in [2.24, 2.45) is 0 Å². The van der Waals surface area contributed by atoms with Crippen LogP contribution in [0.15, 0.2) is 53.3 Å². The van der Waals surface area contributed by atoms with Crippen molar-refractivity contribution >= 4 is 33.4 Å². The summed E-state index contributed by atoms with van der Waals surface area (Å²) >= 11 is 3.35. The molecule has 2 amide bonds. The van der Waals surface area contributed by atoms with Crippen molar-refractivity contribution in [3.8, 4) is 0 Å². The maximum Gasteiger partial charge on any atom is 0.292 e. The number of aromatic nitrogens is 1. The fraction of sp³-hybridized carbons (Fsp3) is 0.188. The molecule has 2 N–H and O–H groups in total. The Morgan fingerprint density at radius 3 is 2.50 bits per heavy atom. The minimum atomic E-state index is -0.357. The molecular weight excluding hydrogens is 346 g/mol. The number of nitrogens with two attached hydrogens (primary N) is 1. The van der Waals surface area contributed by atoms with E-state index < -0.39 is 0 Å². The monoisotopic (exact) mass is 360 g/mol. The zero-order valence-corrected chi connectivity index (χ0v) is 13.4. The van der Waals surface area contributed by atoms with Crippen molar-refractivity contribution in [3.63, 3.8) is 0 Å². The molecule has 1 aliphatic heterocycles. The molecule has 1 aromatic carbocycles. The Morgan fingerprint density at radius 1 is 1.14 bits per heavy atom. The molecule has 22 heavy (non-hydrogen) atoms. The molecule has 0 radical (unpaired) electrons. The Kier molecular flexibility index (Phi) is 4.31. The Hall–Kier alpha value is -2.05. The number of anilines is 1. The Labute approximate surface area is 136 Å². The highest BCUT2D eigenvalue weighted by atomic mass is 79.9. The van der Waals surface area contributed by atoms with Gasteiger partial charge in [0.25, 0.3) is 5.91 Å². The molecule has 2 aromatic rings. The van der Waals surface area contributed by atoms with Crippen molar-refractivity contribution < 1.29 is 14.9 Å². The zero-order valence-electron chi connectivity index (χ0n) is 11.8. The standard InChI is InChI=1S/C16H14BrN3O2/c17-12-1-3-13(4-2-12)20-15(21)9-14(16(20)22)19-10-11-5-7-18-8-6-11/h1-8,14,19H,9-10H2/p+1/t14-/m1/s1. The number of halogens is 1. The number of pyridine rings is 1. The van der Waals surface area contributed by atoms with Gasteiger partial charge in [-0.1, -0.05) is 15.9 Å². The summed E-state index contributed by atoms with van der Waals surface area (Å²) in [7, 11) is 0. The van der Waals surface area contributed by atoms with Gasteiger partial charge in [-0.15, -0.1) is 0 Å². The molecule has 0 aliphatic carbocycles. The third-order valence-corrected chi connectivity index (χ3v) is 4.18. The van der Waals surface area contributed by atoms with Crippen LogP contribution >= 0.6 is 15.9 Å². The lowest BCUT2D eigenvalue weighted by molar-refractivity contribution is -0.690. The van der Waals surface area contributed by atoms with Gasteiger partial charge in [-0.2, -0.15) is 0 Å². The van der Waals surface area contributed by atoms with Gasteiger partial charge in [0.1, 0.15) is 6.54 Å². The minimum Gasteiger partial charge on any atom is -0.332 e. The van der Waals surface area contributed by atoms with Crippen LogP contribution in [0.5, 0.6) is 0 Å². The van der Waals surface area contributed by atoms with Gasteiger partial charge in [-0.3, -0.25) is 14.6 Å². The molecule has 2 heterocycles. The van der Waals surface area contributed by atoms with E-state index in [-0.39, 0.29) is 24.3 Å². The molecule has 0 unspecified atom stereocenters. The number of rotatable bonds is 4. The number of imide groups is 1. The molecule has 1 saturated heterocycles. The van der Waals surface area contributed by atoms with Crippen LogP contribution in [0.2, 0.25) is 0 Å². The third kappa shape index (κ3) is 3.08. The Balaban J connectivity index is 1.70. The van der Waals surface area contributed by atoms with Gasteiger partial charge >= 0.3 is 0 Å². The van der Waals surface area contributed by atoms with E-state index in [0.29, 0.717) is 12.2 Å². The van der Waals surface area contributed by atoms with Crippen LogP contribution in [-0.4, -0.2) is 22.8 Å². The van der Waals surface area contributed by atoms with Gasteiger partial charge in [-0.25, -0.2) is 4.90 Å². The van der Waals surface area contributed by atoms with Gasteiger partial charge in [-0.05, 0) is 36.4 Å². The summed E-state index contributed by atoms with van der Waals surface area (Å²) in [6, 6.07) is 10.6. The van der Waals surface area contributed by atoms with Crippen molar-refractivity contribution in [1.29, 1.82) is 0 Å². The number of benzene rings is 1. The first kappa shape index (κ1) is 14.9. The predicted molar refractivity (Wildman–Crippen MR) is 84.9 cm³/mol. The van der Waals surface area contributed by atoms with Crippen LogP contribution in [0.4, 0.5) is 5.69 Å². The summed E-state index contributed by atoms with van der Waals surface area (Å²) in [6.45, 7) is 0.653. The van der Waals surface area contributed by atoms with Crippen molar-refractivity contribution in [2.45, 2.75) is 19.0 Å². The van der Waals surface area contributed by atoms with E-state index in [2.05, 4.69) is 20.9 Å². The number of carbonyl (C=O) groups excluding carboxylic acids is 2. The summed E-state index contributed by atoms with van der Waals surface area (Å²) in [4.78, 5) is 29.9. The van der Waals surface area contributed by atoms with E-state index in [0.717, 1.165) is 10.0 Å². The highest BCUT2D eigenvalue weighted by molar-refractivity contribution is 9.10. The number of carbonyl (C=O) groups is 2. The lowest BCUT2D eigenvalue weighted by atomic mass is 10.2. The molecule has 5 nitrogen and oxygen atoms in total. The summed E-state index contributed by atoms with van der Waals surface area (Å²) in [6.07, 6.45) is 3.68. The molecule has 0 bridgehead atoms. The van der Waals surface area contributed by atoms with Crippen LogP contribution < -0.4 is 10.2 Å². The number of amides is 2. The number of nitrogens with zero attached hydrogens (tertiary/aromatic N) is 2. The topological polar surface area (TPSA) is 66.9 Å². The van der Waals surface area contributed by atoms with Gasteiger partial charge in [0.2, 0.25) is 5.91 Å². The highest BCUT2D eigenvalue weighted by Gasteiger charge is 2.42. The first-order valence-corrected chi connectivity index (χ1v) is 7.79. The molecule has 1 aromatic heterocycles. The van der Waals surface area contributed by atoms with Crippen LogP contribution in [0.1, 0.15) is 12.0 Å². The summed E-state index contributed by atoms with van der Waals surface area (Å²) in [5.41, 5.74) is 1.70. The normalized spacial score (nSPS) is 18.0. The molecule has 1 fully saturated rings. The van der Waals surface area contributed by atoms with Gasteiger partial charge < -0.3 is 5.32 Å². The summed E-state index contributed by atoms with van der Waals surface area (Å²) in [5.74, 6) is -0.301. The number of hydrogen-bond acceptors (Lipinski definition) is 3. The molecular formula is C16H15BrN3O2+. The Morgan fingerprint density at radius 2 is 1.82 bits per heavy atom. The van der Waals surface area contributed by atoms with E-state index in [4.69, 9.17) is 0 Å². The minimum absolute atomic E-state index is 0.150. The first-order chi connectivity index (χ1) is 10.6. The SMILES string of the molecule is O=C1C[C@@H]([NH2+]Cc2ccncc2)C(=O)N1c1ccc(Br)cc1. The highest BCUT2D eigenvalue weighted by Crippen LogP contribution is 2.23. The third-order valence-electron chi connectivity index (χ3n) is 3.65. The second-order valence-electron chi connectivity index (χ2n) is 5.15. The lowest BCUT2D eigenvalue weighted by Crippen LogP contribution is -2.90. The van der Waals surface area contributed by atoms with Crippen molar-refractivity contribution in [2.75, 3.05) is 4.90 Å². The predicted octanol–water partition coefficient (Wildman–Crippen LogP) is 1.24. The second-order valence-corrected chi connectivity index (χ2v) is 6.07. The van der Waals surface area contributed by atoms with E-state index in [1.54, 1.807) is 24.5 Å². The molecule has 0 spiro atoms. The number of quaternary nitrogens is 1. The molecule has 1 atom stereocenters. The number of hydrogen-bond donors (Lipinski definition) is 1. The average molecular weight is 361 g/mol. The van der Waals surface area contributed by atoms with Gasteiger partial charge in [0, 0.05) is 22.4 Å². The van der Waals surface area contributed by atoms with E-state index in [1.165, 1.54) is 4.90 Å². The zero-order chi connectivity index (χ0) is 15.5. The van der Waals surface area contributed by atoms with Crippen LogP contribution in [0, 0.1) is 0 Å². The van der Waals surface area contributed by atoms with Gasteiger partial charge in [0.05, 0.1) is 12.1 Å². The molecule has 0 saturated carbocycles. The molecule has 6 heteroatoms. The van der Waals surface area contributed by atoms with Gasteiger partial charge in [0.15, 0.2) is 6.04 Å². The fourth-order valence-electron chi connectivity index (χ4n) is 2.50. The smallest absolute Gasteiger partial charge is 0.292 e. The Bertz CT molecular complexity index is 688. The quantitative estimate of drug-likeness (QED) is 0.834. The molecule has 3 rings (SSSR count). The molecule has 112 valence electrons. The van der Waals surface area contributed by atoms with E-state index in [1.807, 2.05) is 29.6 Å². The van der Waals surface area contributed by atoms with Crippen LogP contribution in [0.25, 0.3) is 0 Å². The first-order valence-electron chi connectivity index (χ1n) is 7.00. The largest absolute Gasteiger partial charge is 0.332 e.